The molecule has 2 N–H and O–H groups in total. The average Bonchev–Trinajstić information content (AvgIpc) is 3.01. The van der Waals surface area contributed by atoms with Gasteiger partial charge in [0.1, 0.15) is 17.5 Å². The first-order valence-corrected chi connectivity index (χ1v) is 5.95. The Morgan fingerprint density at radius 3 is 2.50 bits per heavy atom. The van der Waals surface area contributed by atoms with E-state index in [-0.39, 0.29) is 0 Å². The summed E-state index contributed by atoms with van der Waals surface area (Å²) in [6.45, 7) is 6.22. The van der Waals surface area contributed by atoms with Crippen LogP contribution in [0.1, 0.15) is 31.2 Å². The Morgan fingerprint density at radius 2 is 1.94 bits per heavy atom. The molecule has 1 aliphatic rings. The Balaban J connectivity index is 2.17. The van der Waals surface area contributed by atoms with Crippen molar-refractivity contribution in [2.24, 2.45) is 5.92 Å². The van der Waals surface area contributed by atoms with E-state index in [2.05, 4.69) is 34.4 Å². The third-order valence-corrected chi connectivity index (χ3v) is 3.26. The number of anilines is 2. The molecule has 0 saturated heterocycles. The van der Waals surface area contributed by atoms with Crippen molar-refractivity contribution in [2.75, 3.05) is 17.7 Å². The van der Waals surface area contributed by atoms with Crippen LogP contribution in [0, 0.1) is 19.8 Å². The van der Waals surface area contributed by atoms with Gasteiger partial charge in [-0.2, -0.15) is 0 Å². The van der Waals surface area contributed by atoms with Gasteiger partial charge in [0.05, 0.1) is 0 Å². The van der Waals surface area contributed by atoms with Crippen molar-refractivity contribution in [3.63, 3.8) is 0 Å². The smallest absolute Gasteiger partial charge is 0.134 e. The second-order valence-electron chi connectivity index (χ2n) is 4.50. The molecule has 4 heteroatoms. The van der Waals surface area contributed by atoms with Crippen LogP contribution in [0.2, 0.25) is 0 Å². The normalized spacial score (nSPS) is 23.0. The second kappa shape index (κ2) is 4.28. The summed E-state index contributed by atoms with van der Waals surface area (Å²) in [6.07, 6.45) is 2.52. The van der Waals surface area contributed by atoms with Gasteiger partial charge in [0.15, 0.2) is 0 Å². The second-order valence-corrected chi connectivity index (χ2v) is 4.50. The van der Waals surface area contributed by atoms with E-state index in [9.17, 15) is 0 Å². The maximum atomic E-state index is 4.47. The van der Waals surface area contributed by atoms with Crippen LogP contribution >= 0.6 is 0 Å². The lowest BCUT2D eigenvalue weighted by Crippen LogP contribution is -2.11. The molecule has 4 nitrogen and oxygen atoms in total. The molecule has 88 valence electrons. The van der Waals surface area contributed by atoms with Gasteiger partial charge < -0.3 is 10.6 Å². The molecule has 16 heavy (non-hydrogen) atoms. The van der Waals surface area contributed by atoms with E-state index >= 15 is 0 Å². The highest BCUT2D eigenvalue weighted by Crippen LogP contribution is 2.36. The molecular weight excluding hydrogens is 200 g/mol. The van der Waals surface area contributed by atoms with E-state index in [0.29, 0.717) is 6.04 Å². The molecule has 1 fully saturated rings. The molecular formula is C12H20N4. The maximum absolute atomic E-state index is 4.47. The molecule has 0 spiro atoms. The maximum Gasteiger partial charge on any atom is 0.134 e. The van der Waals surface area contributed by atoms with E-state index in [1.54, 1.807) is 0 Å². The van der Waals surface area contributed by atoms with E-state index in [1.165, 1.54) is 12.8 Å². The quantitative estimate of drug-likeness (QED) is 0.817. The fraction of sp³-hybridized carbons (Fsp3) is 0.667. The van der Waals surface area contributed by atoms with Gasteiger partial charge in [-0.1, -0.05) is 13.3 Å². The number of aryl methyl sites for hydroxylation is 1. The zero-order valence-electron chi connectivity index (χ0n) is 10.5. The first-order chi connectivity index (χ1) is 7.65. The molecule has 0 aliphatic heterocycles. The topological polar surface area (TPSA) is 49.8 Å². The first kappa shape index (κ1) is 11.2. The largest absolute Gasteiger partial charge is 0.373 e. The molecule has 0 amide bonds. The molecule has 1 aromatic rings. The molecule has 0 aromatic carbocycles. The van der Waals surface area contributed by atoms with Crippen molar-refractivity contribution in [1.29, 1.82) is 0 Å². The van der Waals surface area contributed by atoms with Gasteiger partial charge in [0.2, 0.25) is 0 Å². The lowest BCUT2D eigenvalue weighted by atomic mass is 10.3. The minimum absolute atomic E-state index is 0.614. The number of nitrogens with one attached hydrogen (secondary N) is 2. The van der Waals surface area contributed by atoms with E-state index in [1.807, 2.05) is 14.0 Å². The van der Waals surface area contributed by atoms with Crippen LogP contribution in [-0.2, 0) is 0 Å². The lowest BCUT2D eigenvalue weighted by molar-refractivity contribution is 0.772. The van der Waals surface area contributed by atoms with Crippen LogP contribution in [0.15, 0.2) is 0 Å². The number of hydrogen-bond acceptors (Lipinski definition) is 4. The summed E-state index contributed by atoms with van der Waals surface area (Å²) >= 11 is 0. The van der Waals surface area contributed by atoms with Crippen LogP contribution in [0.5, 0.6) is 0 Å². The Morgan fingerprint density at radius 1 is 1.25 bits per heavy atom. The predicted octanol–water partition coefficient (Wildman–Crippen LogP) is 2.35. The molecule has 2 unspecified atom stereocenters. The summed E-state index contributed by atoms with van der Waals surface area (Å²) in [5.74, 6) is 3.54. The molecule has 2 atom stereocenters. The highest BCUT2D eigenvalue weighted by molar-refractivity contribution is 5.57. The van der Waals surface area contributed by atoms with Crippen LogP contribution in [-0.4, -0.2) is 23.1 Å². The third-order valence-electron chi connectivity index (χ3n) is 3.26. The fourth-order valence-electron chi connectivity index (χ4n) is 2.06. The third kappa shape index (κ3) is 2.10. The van der Waals surface area contributed by atoms with Crippen molar-refractivity contribution in [3.8, 4) is 0 Å². The lowest BCUT2D eigenvalue weighted by Gasteiger charge is -2.12. The molecule has 1 heterocycles. The van der Waals surface area contributed by atoms with Gasteiger partial charge in [0, 0.05) is 18.7 Å². The first-order valence-electron chi connectivity index (χ1n) is 5.95. The Kier molecular flexibility index (Phi) is 2.99. The van der Waals surface area contributed by atoms with Gasteiger partial charge >= 0.3 is 0 Å². The molecule has 2 rings (SSSR count). The van der Waals surface area contributed by atoms with Crippen molar-refractivity contribution in [1.82, 2.24) is 9.97 Å². The van der Waals surface area contributed by atoms with Gasteiger partial charge in [-0.15, -0.1) is 0 Å². The van der Waals surface area contributed by atoms with Crippen LogP contribution in [0.25, 0.3) is 0 Å². The molecule has 0 radical (unpaired) electrons. The summed E-state index contributed by atoms with van der Waals surface area (Å²) in [5, 5.41) is 6.61. The SMILES string of the molecule is CCC1CC1Nc1nc(C)nc(NC)c1C. The minimum Gasteiger partial charge on any atom is -0.373 e. The zero-order chi connectivity index (χ0) is 11.7. The van der Waals surface area contributed by atoms with Crippen molar-refractivity contribution >= 4 is 11.6 Å². The van der Waals surface area contributed by atoms with Gasteiger partial charge in [-0.3, -0.25) is 0 Å². The zero-order valence-corrected chi connectivity index (χ0v) is 10.5. The van der Waals surface area contributed by atoms with Crippen molar-refractivity contribution in [2.45, 2.75) is 39.7 Å². The fourth-order valence-corrected chi connectivity index (χ4v) is 2.06. The number of hydrogen-bond donors (Lipinski definition) is 2. The summed E-state index contributed by atoms with van der Waals surface area (Å²) in [7, 11) is 1.89. The van der Waals surface area contributed by atoms with Crippen LogP contribution in [0.3, 0.4) is 0 Å². The Hall–Kier alpha value is -1.32. The van der Waals surface area contributed by atoms with Gasteiger partial charge in [0.25, 0.3) is 0 Å². The Labute approximate surface area is 96.9 Å². The molecule has 1 saturated carbocycles. The summed E-state index contributed by atoms with van der Waals surface area (Å²) in [6, 6.07) is 0.614. The van der Waals surface area contributed by atoms with Gasteiger partial charge in [-0.05, 0) is 26.2 Å². The number of nitrogens with zero attached hydrogens (tertiary/aromatic N) is 2. The van der Waals surface area contributed by atoms with Crippen molar-refractivity contribution in [3.05, 3.63) is 11.4 Å². The molecule has 1 aromatic heterocycles. The molecule has 1 aliphatic carbocycles. The van der Waals surface area contributed by atoms with Crippen LogP contribution in [0.4, 0.5) is 11.6 Å². The van der Waals surface area contributed by atoms with E-state index in [4.69, 9.17) is 0 Å². The Bertz CT molecular complexity index is 389. The summed E-state index contributed by atoms with van der Waals surface area (Å²) in [5.41, 5.74) is 1.11. The van der Waals surface area contributed by atoms with Crippen LogP contribution < -0.4 is 10.6 Å². The highest BCUT2D eigenvalue weighted by Gasteiger charge is 2.35. The monoisotopic (exact) mass is 220 g/mol. The number of aromatic nitrogens is 2. The van der Waals surface area contributed by atoms with E-state index < -0.39 is 0 Å². The molecule has 0 bridgehead atoms. The number of rotatable bonds is 4. The van der Waals surface area contributed by atoms with Crippen molar-refractivity contribution < 1.29 is 0 Å². The summed E-state index contributed by atoms with van der Waals surface area (Å²) in [4.78, 5) is 8.82. The summed E-state index contributed by atoms with van der Waals surface area (Å²) < 4.78 is 0. The predicted molar refractivity (Wildman–Crippen MR) is 66.9 cm³/mol. The highest BCUT2D eigenvalue weighted by atomic mass is 15.1. The minimum atomic E-state index is 0.614. The van der Waals surface area contributed by atoms with Gasteiger partial charge in [-0.25, -0.2) is 9.97 Å². The average molecular weight is 220 g/mol. The standard InChI is InChI=1S/C12H20N4/c1-5-9-6-10(9)16-12-7(2)11(13-4)14-8(3)15-12/h9-10H,5-6H2,1-4H3,(H2,13,14,15,16). The van der Waals surface area contributed by atoms with E-state index in [0.717, 1.165) is 28.9 Å².